The first-order valence-electron chi connectivity index (χ1n) is 8.63. The third-order valence-corrected chi connectivity index (χ3v) is 2.33. The number of unbranched alkanes of at least 4 members (excludes halogenated alkanes) is 2. The molecule has 0 spiro atoms. The summed E-state index contributed by atoms with van der Waals surface area (Å²) in [5, 5.41) is 47.4. The summed E-state index contributed by atoms with van der Waals surface area (Å²) in [7, 11) is 0. The average Bonchev–Trinajstić information content (AvgIpc) is 2.66. The molecular weight excluding hydrogens is 376 g/mol. The van der Waals surface area contributed by atoms with Crippen LogP contribution in [0.3, 0.4) is 0 Å². The van der Waals surface area contributed by atoms with E-state index >= 15 is 0 Å². The first kappa shape index (κ1) is 34.4. The van der Waals surface area contributed by atoms with E-state index in [1.807, 2.05) is 0 Å². The number of hydrogen-bond acceptors (Lipinski definition) is 9. The molecule has 0 fully saturated rings. The SMILES string of the molecule is OCCO.OCCO.OCCOCCCCOCCCCOCCO.[CaH2]. The minimum atomic E-state index is -0.125. The summed E-state index contributed by atoms with van der Waals surface area (Å²) in [5.41, 5.74) is 0. The van der Waals surface area contributed by atoms with Crippen molar-refractivity contribution in [1.29, 1.82) is 0 Å². The Morgan fingerprint density at radius 2 is 0.577 bits per heavy atom. The molecule has 160 valence electrons. The van der Waals surface area contributed by atoms with E-state index in [0.29, 0.717) is 26.4 Å². The molecule has 0 bridgehead atoms. The van der Waals surface area contributed by atoms with Crippen LogP contribution in [0, 0.1) is 0 Å². The van der Waals surface area contributed by atoms with Crippen LogP contribution in [-0.2, 0) is 14.2 Å². The summed E-state index contributed by atoms with van der Waals surface area (Å²) >= 11 is 0. The van der Waals surface area contributed by atoms with Crippen LogP contribution in [0.15, 0.2) is 0 Å². The third-order valence-electron chi connectivity index (χ3n) is 2.33. The topological polar surface area (TPSA) is 149 Å². The zero-order valence-electron chi connectivity index (χ0n) is 15.2. The van der Waals surface area contributed by atoms with Gasteiger partial charge in [0, 0.05) is 26.4 Å². The number of aliphatic hydroxyl groups is 6. The van der Waals surface area contributed by atoms with Gasteiger partial charge in [-0.15, -0.1) is 0 Å². The molecule has 0 amide bonds. The van der Waals surface area contributed by atoms with Gasteiger partial charge >= 0.3 is 37.7 Å². The molecule has 26 heavy (non-hydrogen) atoms. The Hall–Kier alpha value is 0.900. The first-order chi connectivity index (χ1) is 12.2. The fourth-order valence-electron chi connectivity index (χ4n) is 1.25. The molecular formula is C16H40CaO9. The van der Waals surface area contributed by atoms with Gasteiger partial charge in [0.2, 0.25) is 0 Å². The van der Waals surface area contributed by atoms with Crippen LogP contribution < -0.4 is 0 Å². The van der Waals surface area contributed by atoms with Crippen molar-refractivity contribution in [2.24, 2.45) is 0 Å². The Morgan fingerprint density at radius 1 is 0.346 bits per heavy atom. The van der Waals surface area contributed by atoms with Crippen molar-refractivity contribution >= 4 is 37.7 Å². The number of ether oxygens (including phenoxy) is 3. The van der Waals surface area contributed by atoms with Crippen molar-refractivity contribution in [3.63, 3.8) is 0 Å². The first-order valence-corrected chi connectivity index (χ1v) is 8.63. The second-order valence-corrected chi connectivity index (χ2v) is 4.59. The monoisotopic (exact) mass is 416 g/mol. The van der Waals surface area contributed by atoms with Crippen molar-refractivity contribution in [3.8, 4) is 0 Å². The second kappa shape index (κ2) is 40.5. The van der Waals surface area contributed by atoms with Crippen LogP contribution in [-0.4, -0.2) is 148 Å². The molecule has 0 rings (SSSR count). The molecule has 0 aliphatic rings. The molecule has 6 N–H and O–H groups in total. The maximum absolute atomic E-state index is 8.47. The van der Waals surface area contributed by atoms with Crippen LogP contribution >= 0.6 is 0 Å². The predicted molar refractivity (Wildman–Crippen MR) is 102 cm³/mol. The van der Waals surface area contributed by atoms with Crippen molar-refractivity contribution in [2.45, 2.75) is 25.7 Å². The fourth-order valence-corrected chi connectivity index (χ4v) is 1.25. The summed E-state index contributed by atoms with van der Waals surface area (Å²) in [6.45, 7) is 3.45. The summed E-state index contributed by atoms with van der Waals surface area (Å²) in [6.07, 6.45) is 3.93. The predicted octanol–water partition coefficient (Wildman–Crippen LogP) is -2.39. The minimum absolute atomic E-state index is 0. The van der Waals surface area contributed by atoms with Gasteiger partial charge in [0.15, 0.2) is 0 Å². The Kier molecular flexibility index (Phi) is 53.7. The van der Waals surface area contributed by atoms with Gasteiger partial charge in [0.1, 0.15) is 0 Å². The van der Waals surface area contributed by atoms with Crippen molar-refractivity contribution < 1.29 is 44.8 Å². The zero-order valence-corrected chi connectivity index (χ0v) is 15.2. The Morgan fingerprint density at radius 3 is 0.769 bits per heavy atom. The van der Waals surface area contributed by atoms with Gasteiger partial charge in [0.25, 0.3) is 0 Å². The van der Waals surface area contributed by atoms with E-state index in [2.05, 4.69) is 0 Å². The molecule has 0 atom stereocenters. The molecule has 0 aliphatic carbocycles. The van der Waals surface area contributed by atoms with Gasteiger partial charge in [-0.1, -0.05) is 0 Å². The van der Waals surface area contributed by atoms with Crippen molar-refractivity contribution in [2.75, 3.05) is 79.3 Å². The third kappa shape index (κ3) is 49.8. The number of rotatable bonds is 16. The molecule has 0 saturated carbocycles. The molecule has 10 heteroatoms. The van der Waals surface area contributed by atoms with Gasteiger partial charge in [0.05, 0.1) is 52.9 Å². The van der Waals surface area contributed by atoms with Gasteiger partial charge in [-0.2, -0.15) is 0 Å². The number of hydrogen-bond donors (Lipinski definition) is 6. The van der Waals surface area contributed by atoms with E-state index in [4.69, 9.17) is 44.8 Å². The molecule has 9 nitrogen and oxygen atoms in total. The van der Waals surface area contributed by atoms with E-state index in [9.17, 15) is 0 Å². The van der Waals surface area contributed by atoms with E-state index in [1.165, 1.54) is 0 Å². The van der Waals surface area contributed by atoms with Crippen LogP contribution in [0.25, 0.3) is 0 Å². The van der Waals surface area contributed by atoms with Gasteiger partial charge in [-0.05, 0) is 25.7 Å². The molecule has 0 aromatic rings. The molecule has 0 saturated heterocycles. The summed E-state index contributed by atoms with van der Waals surface area (Å²) in [6, 6.07) is 0. The normalized spacial score (nSPS) is 9.46. The van der Waals surface area contributed by atoms with Crippen LogP contribution in [0.1, 0.15) is 25.7 Å². The van der Waals surface area contributed by atoms with Crippen LogP contribution in [0.5, 0.6) is 0 Å². The van der Waals surface area contributed by atoms with E-state index in [0.717, 1.165) is 38.9 Å². The molecule has 0 heterocycles. The van der Waals surface area contributed by atoms with Crippen LogP contribution in [0.2, 0.25) is 0 Å². The number of aliphatic hydroxyl groups excluding tert-OH is 6. The van der Waals surface area contributed by atoms with E-state index < -0.39 is 0 Å². The van der Waals surface area contributed by atoms with E-state index in [1.54, 1.807) is 0 Å². The molecule has 0 radical (unpaired) electrons. The van der Waals surface area contributed by atoms with Gasteiger partial charge in [-0.25, -0.2) is 0 Å². The molecule has 0 aliphatic heterocycles. The zero-order chi connectivity index (χ0) is 19.4. The van der Waals surface area contributed by atoms with Crippen molar-refractivity contribution in [3.05, 3.63) is 0 Å². The Bertz CT molecular complexity index is 169. The standard InChI is InChI=1S/C12H26O5.2C2H6O2.Ca.2H/c13-5-11-16-9-3-1-7-15-8-2-4-10-17-12-6-14;2*3-1-2-4;;;/h13-14H,1-12H2;2*3-4H,1-2H2;;;. The van der Waals surface area contributed by atoms with Gasteiger partial charge in [-0.3, -0.25) is 0 Å². The molecule has 0 aromatic carbocycles. The molecule has 0 unspecified atom stereocenters. The average molecular weight is 417 g/mol. The Balaban J connectivity index is -0.000000226. The summed E-state index contributed by atoms with van der Waals surface area (Å²) < 4.78 is 15.7. The summed E-state index contributed by atoms with van der Waals surface area (Å²) in [4.78, 5) is 0. The molecule has 0 aromatic heterocycles. The van der Waals surface area contributed by atoms with E-state index in [-0.39, 0.29) is 77.4 Å². The maximum atomic E-state index is 8.47. The summed E-state index contributed by atoms with van der Waals surface area (Å²) in [5.74, 6) is 0. The fraction of sp³-hybridized carbons (Fsp3) is 1.00. The quantitative estimate of drug-likeness (QED) is 0.120. The van der Waals surface area contributed by atoms with Crippen molar-refractivity contribution in [1.82, 2.24) is 0 Å². The Labute approximate surface area is 186 Å². The second-order valence-electron chi connectivity index (χ2n) is 4.59. The van der Waals surface area contributed by atoms with Crippen LogP contribution in [0.4, 0.5) is 0 Å². The van der Waals surface area contributed by atoms with Gasteiger partial charge < -0.3 is 44.8 Å².